The number of carbonyl (C=O) groups excluding carboxylic acids is 2. The summed E-state index contributed by atoms with van der Waals surface area (Å²) in [6, 6.07) is 9.34. The summed E-state index contributed by atoms with van der Waals surface area (Å²) in [5.74, 6) is -0.248. The highest BCUT2D eigenvalue weighted by molar-refractivity contribution is 6.33. The fourth-order valence-corrected chi connectivity index (χ4v) is 3.50. The first-order valence-corrected chi connectivity index (χ1v) is 9.66. The maximum absolute atomic E-state index is 13.2. The van der Waals surface area contributed by atoms with Gasteiger partial charge in [0.15, 0.2) is 0 Å². The standard InChI is InChI=1S/C21H23ClFN3O3/c1-14-3-6-19(29-2)18(11-14)24-20(27)13-25-7-9-26(10-8-25)21(28)16-5-4-15(23)12-17(16)22/h3-6,11-12H,7-10,13H2,1-2H3,(H,24,27). The van der Waals surface area contributed by atoms with E-state index in [2.05, 4.69) is 5.32 Å². The Labute approximate surface area is 174 Å². The van der Waals surface area contributed by atoms with E-state index in [0.29, 0.717) is 37.6 Å². The SMILES string of the molecule is COc1ccc(C)cc1NC(=O)CN1CCN(C(=O)c2ccc(F)cc2Cl)CC1. The molecule has 6 nitrogen and oxygen atoms in total. The molecule has 3 rings (SSSR count). The van der Waals surface area contributed by atoms with Gasteiger partial charge in [0.05, 0.1) is 29.9 Å². The summed E-state index contributed by atoms with van der Waals surface area (Å²) in [6.07, 6.45) is 0. The molecule has 0 bridgehead atoms. The second kappa shape index (κ2) is 9.24. The van der Waals surface area contributed by atoms with Crippen LogP contribution in [-0.4, -0.2) is 61.4 Å². The van der Waals surface area contributed by atoms with Gasteiger partial charge < -0.3 is 15.0 Å². The monoisotopic (exact) mass is 419 g/mol. The molecule has 2 aromatic rings. The first kappa shape index (κ1) is 21.1. The van der Waals surface area contributed by atoms with E-state index in [0.717, 1.165) is 11.6 Å². The zero-order valence-corrected chi connectivity index (χ0v) is 17.1. The minimum absolute atomic E-state index is 0.101. The number of nitrogens with zero attached hydrogens (tertiary/aromatic N) is 2. The molecule has 0 aliphatic carbocycles. The number of anilines is 1. The Morgan fingerprint density at radius 3 is 2.52 bits per heavy atom. The van der Waals surface area contributed by atoms with Gasteiger partial charge in [-0.2, -0.15) is 0 Å². The third kappa shape index (κ3) is 5.25. The van der Waals surface area contributed by atoms with E-state index in [1.807, 2.05) is 30.0 Å². The molecule has 0 aromatic heterocycles. The largest absolute Gasteiger partial charge is 0.495 e. The highest BCUT2D eigenvalue weighted by Gasteiger charge is 2.25. The van der Waals surface area contributed by atoms with Crippen LogP contribution in [0.4, 0.5) is 10.1 Å². The van der Waals surface area contributed by atoms with E-state index in [1.54, 1.807) is 12.0 Å². The molecule has 1 aliphatic rings. The van der Waals surface area contributed by atoms with Crippen molar-refractivity contribution in [1.29, 1.82) is 0 Å². The van der Waals surface area contributed by atoms with Crippen LogP contribution < -0.4 is 10.1 Å². The summed E-state index contributed by atoms with van der Waals surface area (Å²) in [6.45, 7) is 4.21. The second-order valence-electron chi connectivity index (χ2n) is 6.94. The summed E-state index contributed by atoms with van der Waals surface area (Å²) in [5.41, 5.74) is 1.94. The fraction of sp³-hybridized carbons (Fsp3) is 0.333. The van der Waals surface area contributed by atoms with Crippen LogP contribution in [0.2, 0.25) is 5.02 Å². The lowest BCUT2D eigenvalue weighted by Crippen LogP contribution is -2.50. The van der Waals surface area contributed by atoms with Crippen LogP contribution in [0.25, 0.3) is 0 Å². The molecule has 0 unspecified atom stereocenters. The lowest BCUT2D eigenvalue weighted by molar-refractivity contribution is -0.117. The van der Waals surface area contributed by atoms with Crippen molar-refractivity contribution in [3.8, 4) is 5.75 Å². The lowest BCUT2D eigenvalue weighted by atomic mass is 10.1. The smallest absolute Gasteiger partial charge is 0.255 e. The Hall–Kier alpha value is -2.64. The number of methoxy groups -OCH3 is 1. The Bertz CT molecular complexity index is 914. The molecule has 0 radical (unpaired) electrons. The number of aryl methyl sites for hydroxylation is 1. The first-order valence-electron chi connectivity index (χ1n) is 9.28. The van der Waals surface area contributed by atoms with Crippen molar-refractivity contribution in [2.75, 3.05) is 45.2 Å². The molecule has 0 saturated carbocycles. The molecule has 1 fully saturated rings. The summed E-state index contributed by atoms with van der Waals surface area (Å²) >= 11 is 5.99. The van der Waals surface area contributed by atoms with Crippen molar-refractivity contribution in [2.24, 2.45) is 0 Å². The number of carbonyl (C=O) groups is 2. The predicted octanol–water partition coefficient (Wildman–Crippen LogP) is 3.19. The van der Waals surface area contributed by atoms with E-state index < -0.39 is 5.82 Å². The molecular weight excluding hydrogens is 397 g/mol. The molecular formula is C21H23ClFN3O3. The molecule has 8 heteroatoms. The first-order chi connectivity index (χ1) is 13.9. The number of benzene rings is 2. The quantitative estimate of drug-likeness (QED) is 0.808. The van der Waals surface area contributed by atoms with E-state index in [4.69, 9.17) is 16.3 Å². The number of nitrogens with one attached hydrogen (secondary N) is 1. The van der Waals surface area contributed by atoms with Crippen LogP contribution >= 0.6 is 11.6 Å². The van der Waals surface area contributed by atoms with Crippen molar-refractivity contribution in [3.63, 3.8) is 0 Å². The van der Waals surface area contributed by atoms with Gasteiger partial charge in [0.2, 0.25) is 5.91 Å². The lowest BCUT2D eigenvalue weighted by Gasteiger charge is -2.34. The van der Waals surface area contributed by atoms with Crippen molar-refractivity contribution >= 4 is 29.1 Å². The third-order valence-electron chi connectivity index (χ3n) is 4.82. The molecule has 1 N–H and O–H groups in total. The van der Waals surface area contributed by atoms with Gasteiger partial charge in [-0.3, -0.25) is 14.5 Å². The minimum atomic E-state index is -0.479. The van der Waals surface area contributed by atoms with Gasteiger partial charge in [-0.15, -0.1) is 0 Å². The number of halogens is 2. The van der Waals surface area contributed by atoms with Gasteiger partial charge >= 0.3 is 0 Å². The van der Waals surface area contributed by atoms with E-state index in [-0.39, 0.29) is 28.9 Å². The van der Waals surface area contributed by atoms with Crippen LogP contribution in [0.5, 0.6) is 5.75 Å². The minimum Gasteiger partial charge on any atom is -0.495 e. The normalized spacial score (nSPS) is 14.6. The zero-order valence-electron chi connectivity index (χ0n) is 16.4. The average molecular weight is 420 g/mol. The second-order valence-corrected chi connectivity index (χ2v) is 7.35. The number of hydrogen-bond acceptors (Lipinski definition) is 4. The van der Waals surface area contributed by atoms with Gasteiger partial charge in [-0.05, 0) is 42.8 Å². The molecule has 2 amide bonds. The maximum atomic E-state index is 13.2. The molecule has 154 valence electrons. The van der Waals surface area contributed by atoms with Gasteiger partial charge in [-0.1, -0.05) is 17.7 Å². The Morgan fingerprint density at radius 2 is 1.86 bits per heavy atom. The van der Waals surface area contributed by atoms with Gasteiger partial charge in [-0.25, -0.2) is 4.39 Å². The fourth-order valence-electron chi connectivity index (χ4n) is 3.25. The Balaban J connectivity index is 1.54. The van der Waals surface area contributed by atoms with E-state index in [9.17, 15) is 14.0 Å². The van der Waals surface area contributed by atoms with Crippen molar-refractivity contribution in [2.45, 2.75) is 6.92 Å². The molecule has 0 spiro atoms. The molecule has 0 atom stereocenters. The number of hydrogen-bond donors (Lipinski definition) is 1. The van der Waals surface area contributed by atoms with E-state index in [1.165, 1.54) is 12.1 Å². The van der Waals surface area contributed by atoms with Crippen LogP contribution in [-0.2, 0) is 4.79 Å². The van der Waals surface area contributed by atoms with Gasteiger partial charge in [0.25, 0.3) is 5.91 Å². The van der Waals surface area contributed by atoms with Gasteiger partial charge in [0, 0.05) is 26.2 Å². The van der Waals surface area contributed by atoms with E-state index >= 15 is 0 Å². The van der Waals surface area contributed by atoms with Gasteiger partial charge in [0.1, 0.15) is 11.6 Å². The summed E-state index contributed by atoms with van der Waals surface area (Å²) < 4.78 is 18.5. The highest BCUT2D eigenvalue weighted by atomic mass is 35.5. The number of piperazine rings is 1. The summed E-state index contributed by atoms with van der Waals surface area (Å²) in [4.78, 5) is 28.7. The topological polar surface area (TPSA) is 61.9 Å². The summed E-state index contributed by atoms with van der Waals surface area (Å²) in [7, 11) is 1.56. The number of ether oxygens (including phenoxy) is 1. The predicted molar refractivity (Wildman–Crippen MR) is 110 cm³/mol. The third-order valence-corrected chi connectivity index (χ3v) is 5.13. The number of amides is 2. The van der Waals surface area contributed by atoms with Crippen LogP contribution in [0.15, 0.2) is 36.4 Å². The van der Waals surface area contributed by atoms with Crippen LogP contribution in [0.1, 0.15) is 15.9 Å². The highest BCUT2D eigenvalue weighted by Crippen LogP contribution is 2.25. The summed E-state index contributed by atoms with van der Waals surface area (Å²) in [5, 5.41) is 2.98. The molecule has 2 aromatic carbocycles. The number of rotatable bonds is 5. The molecule has 29 heavy (non-hydrogen) atoms. The van der Waals surface area contributed by atoms with Crippen molar-refractivity contribution < 1.29 is 18.7 Å². The molecule has 1 saturated heterocycles. The Morgan fingerprint density at radius 1 is 1.14 bits per heavy atom. The zero-order chi connectivity index (χ0) is 21.0. The average Bonchev–Trinajstić information content (AvgIpc) is 2.68. The maximum Gasteiger partial charge on any atom is 0.255 e. The van der Waals surface area contributed by atoms with Crippen LogP contribution in [0.3, 0.4) is 0 Å². The Kier molecular flexibility index (Phi) is 6.71. The van der Waals surface area contributed by atoms with Crippen molar-refractivity contribution in [3.05, 3.63) is 58.4 Å². The van der Waals surface area contributed by atoms with Crippen LogP contribution in [0, 0.1) is 12.7 Å². The molecule has 1 aliphatic heterocycles. The molecule has 1 heterocycles. The van der Waals surface area contributed by atoms with Crippen molar-refractivity contribution in [1.82, 2.24) is 9.80 Å².